The van der Waals surface area contributed by atoms with Crippen LogP contribution in [0.15, 0.2) is 0 Å². The van der Waals surface area contributed by atoms with E-state index >= 15 is 0 Å². The topological polar surface area (TPSA) is 114 Å². The van der Waals surface area contributed by atoms with Crippen LogP contribution in [0.4, 0.5) is 26.3 Å². The molecule has 0 amide bonds. The maximum atomic E-state index is 11.4. The molecule has 0 unspecified atom stereocenters. The zero-order valence-corrected chi connectivity index (χ0v) is 9.30. The van der Waals surface area contributed by atoms with E-state index in [-0.39, 0.29) is 24.3 Å². The maximum absolute atomic E-state index is 11.4. The number of halogens is 6. The Kier molecular flexibility index (Phi) is 7.52. The third-order valence-electron chi connectivity index (χ3n) is 0.781. The molecular weight excluding hydrogens is 303 g/mol. The number of hydrogen-bond donors (Lipinski definition) is 0. The van der Waals surface area contributed by atoms with Gasteiger partial charge in [0, 0.05) is 0 Å². The molecule has 0 aromatic heterocycles. The summed E-state index contributed by atoms with van der Waals surface area (Å²) in [6.45, 7) is 0. The molecule has 100 valence electrons. The van der Waals surface area contributed by atoms with Crippen molar-refractivity contribution in [2.45, 2.75) is 11.0 Å². The Morgan fingerprint density at radius 1 is 0.706 bits per heavy atom. The molecule has 17 heavy (non-hydrogen) atoms. The van der Waals surface area contributed by atoms with E-state index in [9.17, 15) is 43.2 Å². The van der Waals surface area contributed by atoms with Crippen LogP contribution in [-0.2, 0) is 20.0 Å². The Labute approximate surface area is 103 Å². The van der Waals surface area contributed by atoms with Gasteiger partial charge in [0.25, 0.3) is 0 Å². The Hall–Kier alpha value is -0.00260. The first-order chi connectivity index (χ1) is 6.21. The second-order valence-corrected chi connectivity index (χ2v) is 5.34. The van der Waals surface area contributed by atoms with Gasteiger partial charge in [0.1, 0.15) is 0 Å². The molecule has 0 aliphatic heterocycles. The zero-order chi connectivity index (χ0) is 12.7. The summed E-state index contributed by atoms with van der Waals surface area (Å²) in [4.78, 5) is 0. The maximum Gasteiger partial charge on any atom is 1.00 e. The third-order valence-corrected chi connectivity index (χ3v) is 3.52. The Morgan fingerprint density at radius 2 is 0.882 bits per heavy atom. The van der Waals surface area contributed by atoms with Gasteiger partial charge in [-0.25, -0.2) is 16.8 Å². The summed E-state index contributed by atoms with van der Waals surface area (Å²) in [6, 6.07) is 0. The van der Waals surface area contributed by atoms with E-state index in [1.54, 1.807) is 0 Å². The van der Waals surface area contributed by atoms with Gasteiger partial charge < -0.3 is 9.60 Å². The van der Waals surface area contributed by atoms with E-state index in [1.807, 2.05) is 0 Å². The first kappa shape index (κ1) is 22.2. The normalized spacial score (nSPS) is 13.5. The van der Waals surface area contributed by atoms with Crippen LogP contribution in [0.5, 0.6) is 0 Å². The quantitative estimate of drug-likeness (QED) is 0.406. The molecule has 0 atom stereocenters. The average molecular weight is 305 g/mol. The molecule has 0 aliphatic carbocycles. The summed E-state index contributed by atoms with van der Waals surface area (Å²) in [7, 11) is -13.4. The van der Waals surface area contributed by atoms with Crippen LogP contribution in [0.1, 0.15) is 0 Å². The van der Waals surface area contributed by atoms with Crippen molar-refractivity contribution in [3.05, 3.63) is 4.13 Å². The minimum atomic E-state index is -6.72. The molecule has 0 saturated heterocycles. The van der Waals surface area contributed by atoms with Gasteiger partial charge in [-0.05, 0) is 0 Å². The average Bonchev–Trinajstić information content (AvgIpc) is 1.77. The molecule has 0 aromatic rings. The molecule has 0 radical (unpaired) electrons. The number of sulfonamides is 2. The molecule has 6 nitrogen and oxygen atoms in total. The molecule has 0 saturated carbocycles. The fraction of sp³-hybridized carbons (Fsp3) is 1.00. The summed E-state index contributed by atoms with van der Waals surface area (Å²) in [5.74, 6) is 0. The van der Waals surface area contributed by atoms with Crippen LogP contribution in [0.2, 0.25) is 0 Å². The van der Waals surface area contributed by atoms with E-state index in [2.05, 4.69) is 0 Å². The zero-order valence-electron chi connectivity index (χ0n) is 7.66. The van der Waals surface area contributed by atoms with Crippen LogP contribution in [0.3, 0.4) is 0 Å². The van der Waals surface area contributed by atoms with Gasteiger partial charge in [0.05, 0.1) is 0 Å². The third kappa shape index (κ3) is 5.44. The minimum Gasteiger partial charge on any atom is -0.421 e. The van der Waals surface area contributed by atoms with Crippen molar-refractivity contribution >= 4 is 20.0 Å². The van der Waals surface area contributed by atoms with Crippen molar-refractivity contribution < 1.29 is 67.5 Å². The Balaban J connectivity index is -0.000000980. The first-order valence-electron chi connectivity index (χ1n) is 2.57. The summed E-state index contributed by atoms with van der Waals surface area (Å²) in [6.07, 6.45) is 0. The minimum absolute atomic E-state index is 0. The summed E-state index contributed by atoms with van der Waals surface area (Å²) < 4.78 is 109. The van der Waals surface area contributed by atoms with Crippen LogP contribution in [-0.4, -0.2) is 33.3 Å². The number of alkyl halides is 6. The van der Waals surface area contributed by atoms with E-state index in [4.69, 9.17) is 0 Å². The summed E-state index contributed by atoms with van der Waals surface area (Å²) in [5, 5.41) is 0. The van der Waals surface area contributed by atoms with Gasteiger partial charge in [0.15, 0.2) is 20.0 Å². The van der Waals surface area contributed by atoms with E-state index in [0.29, 0.717) is 0 Å². The van der Waals surface area contributed by atoms with Gasteiger partial charge >= 0.3 is 29.9 Å². The van der Waals surface area contributed by atoms with Crippen LogP contribution in [0, 0.1) is 0 Å². The summed E-state index contributed by atoms with van der Waals surface area (Å²) >= 11 is 0. The predicted molar refractivity (Wildman–Crippen MR) is 36.9 cm³/mol. The molecule has 0 fully saturated rings. The smallest absolute Gasteiger partial charge is 0.421 e. The molecule has 0 aliphatic rings. The summed E-state index contributed by atoms with van der Waals surface area (Å²) in [5.41, 5.74) is -12.4. The second-order valence-electron chi connectivity index (χ2n) is 1.92. The van der Waals surface area contributed by atoms with E-state index < -0.39 is 31.1 Å². The van der Waals surface area contributed by atoms with Crippen molar-refractivity contribution in [3.63, 3.8) is 0 Å². The SMILES string of the molecule is O.O=S(=O)([N-]S(=O)(=O)C(F)(F)F)C(F)(F)F.[Li+]. The van der Waals surface area contributed by atoms with Gasteiger partial charge in [-0.2, -0.15) is 26.3 Å². The van der Waals surface area contributed by atoms with Crippen LogP contribution in [0.25, 0.3) is 4.13 Å². The second kappa shape index (κ2) is 5.76. The predicted octanol–water partition coefficient (Wildman–Crippen LogP) is -2.76. The number of nitrogens with zero attached hydrogens (tertiary/aromatic N) is 1. The van der Waals surface area contributed by atoms with Crippen molar-refractivity contribution in [3.8, 4) is 0 Å². The van der Waals surface area contributed by atoms with Crippen molar-refractivity contribution in [2.24, 2.45) is 0 Å². The first-order valence-corrected chi connectivity index (χ1v) is 5.45. The monoisotopic (exact) mass is 305 g/mol. The number of rotatable bonds is 2. The van der Waals surface area contributed by atoms with Crippen LogP contribution >= 0.6 is 0 Å². The van der Waals surface area contributed by atoms with Crippen molar-refractivity contribution in [1.29, 1.82) is 0 Å². The van der Waals surface area contributed by atoms with Gasteiger partial charge in [-0.1, -0.05) is 0 Å². The fourth-order valence-electron chi connectivity index (χ4n) is 0.214. The standard InChI is InChI=1S/C2F6NO4S2.Li.H2O/c3-1(4,5)14(10,11)9-15(12,13)2(6,7)8;;/h;;1H2/q-1;+1;. The van der Waals surface area contributed by atoms with Crippen LogP contribution < -0.4 is 18.9 Å². The molecule has 0 rings (SSSR count). The van der Waals surface area contributed by atoms with Crippen molar-refractivity contribution in [2.75, 3.05) is 0 Å². The Bertz CT molecular complexity index is 392. The van der Waals surface area contributed by atoms with E-state index in [0.717, 1.165) is 4.13 Å². The molecule has 0 bridgehead atoms. The van der Waals surface area contributed by atoms with Gasteiger partial charge in [0.2, 0.25) is 0 Å². The molecule has 0 aromatic carbocycles. The molecular formula is C2H2F6LiNO5S2. The largest absolute Gasteiger partial charge is 1.00 e. The van der Waals surface area contributed by atoms with E-state index in [1.165, 1.54) is 0 Å². The Morgan fingerprint density at radius 3 is 1.00 bits per heavy atom. The molecule has 2 N–H and O–H groups in total. The van der Waals surface area contributed by atoms with Crippen molar-refractivity contribution in [1.82, 2.24) is 0 Å². The number of hydrogen-bond acceptors (Lipinski definition) is 4. The molecule has 0 heterocycles. The van der Waals surface area contributed by atoms with Gasteiger partial charge in [-0.3, -0.25) is 0 Å². The van der Waals surface area contributed by atoms with Gasteiger partial charge in [-0.15, -0.1) is 0 Å². The fourth-order valence-corrected chi connectivity index (χ4v) is 1.92. The molecule has 0 spiro atoms. The molecule has 15 heteroatoms.